The smallest absolute Gasteiger partial charge is 0.406 e. The number of halogens is 3. The van der Waals surface area contributed by atoms with Gasteiger partial charge >= 0.3 is 6.36 Å². The van der Waals surface area contributed by atoms with Crippen molar-refractivity contribution in [2.24, 2.45) is 0 Å². The Morgan fingerprint density at radius 1 is 1.29 bits per heavy atom. The second-order valence-corrected chi connectivity index (χ2v) is 5.86. The monoisotopic (exact) mass is 345 g/mol. The van der Waals surface area contributed by atoms with E-state index in [-0.39, 0.29) is 18.2 Å². The average molecular weight is 345 g/mol. The van der Waals surface area contributed by atoms with Crippen molar-refractivity contribution in [2.45, 2.75) is 31.8 Å². The van der Waals surface area contributed by atoms with E-state index in [1.165, 1.54) is 24.3 Å². The minimum absolute atomic E-state index is 0.105. The van der Waals surface area contributed by atoms with Crippen LogP contribution >= 0.6 is 0 Å². The van der Waals surface area contributed by atoms with Gasteiger partial charge < -0.3 is 15.4 Å². The van der Waals surface area contributed by atoms with Crippen molar-refractivity contribution in [3.8, 4) is 5.75 Å². The third-order valence-electron chi connectivity index (χ3n) is 3.97. The molecule has 0 aliphatic carbocycles. The predicted octanol–water partition coefficient (Wildman–Crippen LogP) is 1.89. The number of carbonyl (C=O) groups is 1. The zero-order valence-electron chi connectivity index (χ0n) is 13.5. The quantitative estimate of drug-likeness (QED) is 0.827. The molecule has 0 spiro atoms. The number of likely N-dealkylation sites (N-methyl/N-ethyl adjacent to an activating group) is 1. The van der Waals surface area contributed by atoms with Gasteiger partial charge in [-0.2, -0.15) is 0 Å². The minimum atomic E-state index is -4.70. The van der Waals surface area contributed by atoms with E-state index in [4.69, 9.17) is 0 Å². The van der Waals surface area contributed by atoms with Gasteiger partial charge in [0.05, 0.1) is 6.54 Å². The number of carbonyl (C=O) groups excluding carboxylic acids is 1. The fourth-order valence-corrected chi connectivity index (χ4v) is 2.67. The fourth-order valence-electron chi connectivity index (χ4n) is 2.67. The third-order valence-corrected chi connectivity index (χ3v) is 3.97. The largest absolute Gasteiger partial charge is 0.573 e. The SMILES string of the molecule is CN(CC(=O)NCc1ccc(OC(F)(F)F)cc1)C1CCNCC1. The van der Waals surface area contributed by atoms with Gasteiger partial charge in [0.1, 0.15) is 5.75 Å². The molecule has 24 heavy (non-hydrogen) atoms. The van der Waals surface area contributed by atoms with Gasteiger partial charge in [-0.3, -0.25) is 9.69 Å². The van der Waals surface area contributed by atoms with Crippen molar-refractivity contribution in [3.05, 3.63) is 29.8 Å². The van der Waals surface area contributed by atoms with Crippen LogP contribution in [0.2, 0.25) is 0 Å². The number of benzene rings is 1. The summed E-state index contributed by atoms with van der Waals surface area (Å²) >= 11 is 0. The number of nitrogens with one attached hydrogen (secondary N) is 2. The van der Waals surface area contributed by atoms with Gasteiger partial charge in [0, 0.05) is 12.6 Å². The number of alkyl halides is 3. The molecule has 1 aromatic carbocycles. The second kappa shape index (κ2) is 8.34. The molecule has 0 bridgehead atoms. The molecule has 1 aromatic rings. The Morgan fingerprint density at radius 2 is 1.92 bits per heavy atom. The van der Waals surface area contributed by atoms with Crippen LogP contribution in [0.4, 0.5) is 13.2 Å². The lowest BCUT2D eigenvalue weighted by atomic mass is 10.1. The van der Waals surface area contributed by atoms with E-state index in [1.54, 1.807) is 0 Å². The number of hydrogen-bond acceptors (Lipinski definition) is 4. The van der Waals surface area contributed by atoms with Crippen molar-refractivity contribution in [2.75, 3.05) is 26.7 Å². The van der Waals surface area contributed by atoms with Crippen LogP contribution in [0.1, 0.15) is 18.4 Å². The molecule has 1 fully saturated rings. The average Bonchev–Trinajstić information content (AvgIpc) is 2.53. The summed E-state index contributed by atoms with van der Waals surface area (Å²) in [4.78, 5) is 14.0. The van der Waals surface area contributed by atoms with Crippen LogP contribution in [-0.4, -0.2) is 49.9 Å². The predicted molar refractivity (Wildman–Crippen MR) is 83.5 cm³/mol. The Hall–Kier alpha value is -1.80. The van der Waals surface area contributed by atoms with E-state index in [0.717, 1.165) is 25.9 Å². The number of hydrogen-bond donors (Lipinski definition) is 2. The second-order valence-electron chi connectivity index (χ2n) is 5.86. The van der Waals surface area contributed by atoms with E-state index in [0.29, 0.717) is 18.2 Å². The standard InChI is InChI=1S/C16H22F3N3O2/c1-22(13-6-8-20-9-7-13)11-15(23)21-10-12-2-4-14(5-3-12)24-16(17,18)19/h2-5,13,20H,6-11H2,1H3,(H,21,23). The molecule has 5 nitrogen and oxygen atoms in total. The molecule has 2 rings (SSSR count). The number of piperidine rings is 1. The van der Waals surface area contributed by atoms with Gasteiger partial charge in [-0.1, -0.05) is 12.1 Å². The lowest BCUT2D eigenvalue weighted by Gasteiger charge is -2.31. The molecule has 1 saturated heterocycles. The van der Waals surface area contributed by atoms with Gasteiger partial charge in [0.15, 0.2) is 0 Å². The first-order valence-electron chi connectivity index (χ1n) is 7.86. The summed E-state index contributed by atoms with van der Waals surface area (Å²) < 4.78 is 40.1. The number of ether oxygens (including phenoxy) is 1. The van der Waals surface area contributed by atoms with Gasteiger partial charge in [-0.15, -0.1) is 13.2 Å². The summed E-state index contributed by atoms with van der Waals surface area (Å²) in [5, 5.41) is 6.06. The molecule has 0 atom stereocenters. The van der Waals surface area contributed by atoms with Crippen molar-refractivity contribution in [3.63, 3.8) is 0 Å². The molecule has 1 amide bonds. The van der Waals surface area contributed by atoms with Crippen LogP contribution in [0.5, 0.6) is 5.75 Å². The lowest BCUT2D eigenvalue weighted by molar-refractivity contribution is -0.274. The molecular weight excluding hydrogens is 323 g/mol. The number of amides is 1. The van der Waals surface area contributed by atoms with E-state index >= 15 is 0 Å². The van der Waals surface area contributed by atoms with E-state index < -0.39 is 6.36 Å². The molecular formula is C16H22F3N3O2. The summed E-state index contributed by atoms with van der Waals surface area (Å²) in [6.45, 7) is 2.50. The highest BCUT2D eigenvalue weighted by Gasteiger charge is 2.30. The van der Waals surface area contributed by atoms with E-state index in [9.17, 15) is 18.0 Å². The van der Waals surface area contributed by atoms with Crippen LogP contribution in [0.25, 0.3) is 0 Å². The summed E-state index contributed by atoms with van der Waals surface area (Å²) in [5.41, 5.74) is 0.711. The molecule has 0 unspecified atom stereocenters. The molecule has 134 valence electrons. The van der Waals surface area contributed by atoms with Crippen molar-refractivity contribution >= 4 is 5.91 Å². The van der Waals surface area contributed by atoms with Crippen molar-refractivity contribution in [1.29, 1.82) is 0 Å². The van der Waals surface area contributed by atoms with Crippen LogP contribution in [-0.2, 0) is 11.3 Å². The molecule has 1 aliphatic rings. The Bertz CT molecular complexity index is 528. The highest BCUT2D eigenvalue weighted by atomic mass is 19.4. The summed E-state index contributed by atoms with van der Waals surface area (Å²) in [6.07, 6.45) is -2.66. The fraction of sp³-hybridized carbons (Fsp3) is 0.562. The maximum absolute atomic E-state index is 12.1. The van der Waals surface area contributed by atoms with Crippen LogP contribution in [0, 0.1) is 0 Å². The third kappa shape index (κ3) is 6.37. The Balaban J connectivity index is 1.74. The van der Waals surface area contributed by atoms with Crippen molar-refractivity contribution < 1.29 is 22.7 Å². The van der Waals surface area contributed by atoms with Crippen LogP contribution in [0.15, 0.2) is 24.3 Å². The zero-order chi connectivity index (χ0) is 17.6. The number of rotatable bonds is 6. The van der Waals surface area contributed by atoms with E-state index in [1.807, 2.05) is 11.9 Å². The molecule has 1 heterocycles. The number of nitrogens with zero attached hydrogens (tertiary/aromatic N) is 1. The van der Waals surface area contributed by atoms with Crippen LogP contribution in [0.3, 0.4) is 0 Å². The van der Waals surface area contributed by atoms with Gasteiger partial charge in [-0.25, -0.2) is 0 Å². The Morgan fingerprint density at radius 3 is 2.50 bits per heavy atom. The van der Waals surface area contributed by atoms with Gasteiger partial charge in [0.2, 0.25) is 5.91 Å². The van der Waals surface area contributed by atoms with Gasteiger partial charge in [-0.05, 0) is 50.7 Å². The summed E-state index contributed by atoms with van der Waals surface area (Å²) in [6, 6.07) is 5.86. The molecule has 0 saturated carbocycles. The maximum Gasteiger partial charge on any atom is 0.573 e. The zero-order valence-corrected chi connectivity index (χ0v) is 13.5. The first-order chi connectivity index (χ1) is 11.3. The Labute approximate surface area is 139 Å². The minimum Gasteiger partial charge on any atom is -0.406 e. The van der Waals surface area contributed by atoms with Crippen LogP contribution < -0.4 is 15.4 Å². The normalized spacial score (nSPS) is 16.2. The molecule has 1 aliphatic heterocycles. The first-order valence-corrected chi connectivity index (χ1v) is 7.86. The van der Waals surface area contributed by atoms with E-state index in [2.05, 4.69) is 15.4 Å². The topological polar surface area (TPSA) is 53.6 Å². The highest BCUT2D eigenvalue weighted by Crippen LogP contribution is 2.22. The Kier molecular flexibility index (Phi) is 6.44. The molecule has 8 heteroatoms. The summed E-state index contributed by atoms with van der Waals surface area (Å²) in [5.74, 6) is -0.380. The molecule has 2 N–H and O–H groups in total. The molecule has 0 radical (unpaired) electrons. The lowest BCUT2D eigenvalue weighted by Crippen LogP contribution is -2.45. The first kappa shape index (κ1) is 18.5. The highest BCUT2D eigenvalue weighted by molar-refractivity contribution is 5.78. The molecule has 0 aromatic heterocycles. The summed E-state index contributed by atoms with van der Waals surface area (Å²) in [7, 11) is 1.93. The van der Waals surface area contributed by atoms with Gasteiger partial charge in [0.25, 0.3) is 0 Å². The van der Waals surface area contributed by atoms with Crippen molar-refractivity contribution in [1.82, 2.24) is 15.5 Å². The maximum atomic E-state index is 12.1.